The molecule has 0 aromatic rings. The number of nitrogens with one attached hydrogen (secondary N) is 1. The molecule has 0 bridgehead atoms. The lowest BCUT2D eigenvalue weighted by Gasteiger charge is -2.26. The minimum atomic E-state index is -0.315. The van der Waals surface area contributed by atoms with Gasteiger partial charge in [0.1, 0.15) is 0 Å². The number of thioether (sulfide) groups is 1. The molecule has 19 heavy (non-hydrogen) atoms. The average Bonchev–Trinajstić information content (AvgIpc) is 3.22. The molecule has 3 N–H and O–H groups in total. The summed E-state index contributed by atoms with van der Waals surface area (Å²) in [5.74, 6) is 0.922. The Kier molecular flexibility index (Phi) is 5.51. The highest BCUT2D eigenvalue weighted by atomic mass is 32.2. The Morgan fingerprint density at radius 2 is 1.95 bits per heavy atom. The van der Waals surface area contributed by atoms with Crippen LogP contribution in [-0.4, -0.2) is 53.4 Å². The molecule has 0 radical (unpaired) electrons. The van der Waals surface area contributed by atoms with Gasteiger partial charge in [-0.25, -0.2) is 0 Å². The molecule has 0 aromatic carbocycles. The summed E-state index contributed by atoms with van der Waals surface area (Å²) >= 11 is 1.51. The molecule has 1 saturated heterocycles. The third kappa shape index (κ3) is 5.03. The highest BCUT2D eigenvalue weighted by molar-refractivity contribution is 8.00. The van der Waals surface area contributed by atoms with Crippen molar-refractivity contribution < 1.29 is 9.59 Å². The summed E-state index contributed by atoms with van der Waals surface area (Å²) in [4.78, 5) is 25.2. The quantitative estimate of drug-likeness (QED) is 0.707. The van der Waals surface area contributed by atoms with Gasteiger partial charge in [-0.05, 0) is 32.1 Å². The van der Waals surface area contributed by atoms with Crippen molar-refractivity contribution in [1.82, 2.24) is 10.2 Å². The zero-order valence-electron chi connectivity index (χ0n) is 11.3. The number of rotatable bonds is 7. The van der Waals surface area contributed by atoms with Crippen molar-refractivity contribution in [2.75, 3.05) is 24.6 Å². The van der Waals surface area contributed by atoms with Gasteiger partial charge < -0.3 is 16.0 Å². The van der Waals surface area contributed by atoms with Crippen LogP contribution in [-0.2, 0) is 9.59 Å². The van der Waals surface area contributed by atoms with Crippen LogP contribution in [0, 0.1) is 0 Å². The fraction of sp³-hybridized carbons (Fsp3) is 0.846. The summed E-state index contributed by atoms with van der Waals surface area (Å²) in [6.07, 6.45) is 5.71. The first-order valence-electron chi connectivity index (χ1n) is 7.07. The molecular weight excluding hydrogens is 262 g/mol. The number of primary amides is 1. The number of nitrogens with two attached hydrogens (primary N) is 1. The van der Waals surface area contributed by atoms with E-state index in [1.54, 1.807) is 0 Å². The van der Waals surface area contributed by atoms with E-state index in [2.05, 4.69) is 5.32 Å². The molecule has 1 aliphatic heterocycles. The summed E-state index contributed by atoms with van der Waals surface area (Å²) in [6, 6.07) is 0.155. The maximum Gasteiger partial charge on any atom is 0.235 e. The van der Waals surface area contributed by atoms with Crippen LogP contribution < -0.4 is 11.1 Å². The van der Waals surface area contributed by atoms with Gasteiger partial charge >= 0.3 is 0 Å². The lowest BCUT2D eigenvalue weighted by Crippen LogP contribution is -2.44. The normalized spacial score (nSPS) is 21.2. The number of hydrogen-bond donors (Lipinski definition) is 2. The molecule has 2 aliphatic rings. The maximum absolute atomic E-state index is 12.0. The predicted molar refractivity (Wildman–Crippen MR) is 76.9 cm³/mol. The minimum absolute atomic E-state index is 0.194. The number of hydrogen-bond acceptors (Lipinski definition) is 4. The van der Waals surface area contributed by atoms with E-state index in [-0.39, 0.29) is 17.9 Å². The van der Waals surface area contributed by atoms with Gasteiger partial charge in [-0.1, -0.05) is 0 Å². The van der Waals surface area contributed by atoms with E-state index in [1.807, 2.05) is 4.90 Å². The molecule has 5 nitrogen and oxygen atoms in total. The van der Waals surface area contributed by atoms with Crippen LogP contribution in [0.2, 0.25) is 0 Å². The third-order valence-electron chi connectivity index (χ3n) is 3.58. The summed E-state index contributed by atoms with van der Waals surface area (Å²) < 4.78 is 0. The molecule has 0 spiro atoms. The molecule has 2 rings (SSSR count). The van der Waals surface area contributed by atoms with E-state index in [0.29, 0.717) is 17.5 Å². The van der Waals surface area contributed by atoms with Crippen LogP contribution in [0.1, 0.15) is 32.1 Å². The minimum Gasteiger partial charge on any atom is -0.368 e. The van der Waals surface area contributed by atoms with Crippen LogP contribution in [0.15, 0.2) is 0 Å². The molecule has 2 amide bonds. The zero-order chi connectivity index (χ0) is 13.7. The number of amides is 2. The highest BCUT2D eigenvalue weighted by Gasteiger charge is 2.27. The molecule has 1 aliphatic carbocycles. The molecule has 1 saturated carbocycles. The van der Waals surface area contributed by atoms with Crippen LogP contribution in [0.3, 0.4) is 0 Å². The summed E-state index contributed by atoms with van der Waals surface area (Å²) in [5, 5.41) is 3.22. The summed E-state index contributed by atoms with van der Waals surface area (Å²) in [5.41, 5.74) is 5.36. The molecule has 108 valence electrons. The molecule has 2 fully saturated rings. The lowest BCUT2D eigenvalue weighted by atomic mass is 10.1. The molecular formula is C13H23N3O2S. The number of carbonyl (C=O) groups excluding carboxylic acids is 2. The van der Waals surface area contributed by atoms with Crippen molar-refractivity contribution >= 4 is 23.6 Å². The van der Waals surface area contributed by atoms with E-state index in [9.17, 15) is 9.59 Å². The van der Waals surface area contributed by atoms with Gasteiger partial charge in [0, 0.05) is 24.9 Å². The zero-order valence-corrected chi connectivity index (χ0v) is 12.1. The Balaban J connectivity index is 1.65. The second-order valence-corrected chi connectivity index (χ2v) is 6.38. The first kappa shape index (κ1) is 14.7. The summed E-state index contributed by atoms with van der Waals surface area (Å²) in [6.45, 7) is 1.78. The first-order chi connectivity index (χ1) is 9.16. The predicted octanol–water partition coefficient (Wildman–Crippen LogP) is 0.338. The molecule has 1 unspecified atom stereocenters. The number of piperidine rings is 1. The Labute approximate surface area is 118 Å². The Morgan fingerprint density at radius 3 is 2.53 bits per heavy atom. The molecule has 0 aromatic heterocycles. The van der Waals surface area contributed by atoms with E-state index >= 15 is 0 Å². The van der Waals surface area contributed by atoms with E-state index in [4.69, 9.17) is 5.73 Å². The van der Waals surface area contributed by atoms with Gasteiger partial charge in [-0.15, -0.1) is 11.8 Å². The van der Waals surface area contributed by atoms with Crippen molar-refractivity contribution in [2.45, 2.75) is 44.2 Å². The third-order valence-corrected chi connectivity index (χ3v) is 4.60. The van der Waals surface area contributed by atoms with E-state index < -0.39 is 0 Å². The Morgan fingerprint density at radius 1 is 1.26 bits per heavy atom. The SMILES string of the molecule is NC(=O)C(CSCC(=O)N1CCCCC1)NC1CC1. The van der Waals surface area contributed by atoms with Crippen molar-refractivity contribution in [3.05, 3.63) is 0 Å². The lowest BCUT2D eigenvalue weighted by molar-refractivity contribution is -0.129. The van der Waals surface area contributed by atoms with Crippen LogP contribution >= 0.6 is 11.8 Å². The van der Waals surface area contributed by atoms with Gasteiger partial charge in [0.15, 0.2) is 0 Å². The van der Waals surface area contributed by atoms with Crippen LogP contribution in [0.5, 0.6) is 0 Å². The van der Waals surface area contributed by atoms with Crippen LogP contribution in [0.25, 0.3) is 0 Å². The number of nitrogens with zero attached hydrogens (tertiary/aromatic N) is 1. The van der Waals surface area contributed by atoms with Crippen LogP contribution in [0.4, 0.5) is 0 Å². The first-order valence-corrected chi connectivity index (χ1v) is 8.23. The fourth-order valence-electron chi connectivity index (χ4n) is 2.25. The van der Waals surface area contributed by atoms with Gasteiger partial charge in [0.25, 0.3) is 0 Å². The highest BCUT2D eigenvalue weighted by Crippen LogP contribution is 2.20. The smallest absolute Gasteiger partial charge is 0.235 e. The van der Waals surface area contributed by atoms with Crippen molar-refractivity contribution in [3.63, 3.8) is 0 Å². The summed E-state index contributed by atoms with van der Waals surface area (Å²) in [7, 11) is 0. The monoisotopic (exact) mass is 285 g/mol. The topological polar surface area (TPSA) is 75.4 Å². The average molecular weight is 285 g/mol. The van der Waals surface area contributed by atoms with E-state index in [0.717, 1.165) is 38.8 Å². The Hall–Kier alpha value is -0.750. The van der Waals surface area contributed by atoms with Crippen molar-refractivity contribution in [3.8, 4) is 0 Å². The Bertz CT molecular complexity index is 328. The molecule has 1 atom stereocenters. The number of likely N-dealkylation sites (tertiary alicyclic amines) is 1. The molecule has 6 heteroatoms. The standard InChI is InChI=1S/C13H23N3O2S/c14-13(18)11(15-10-4-5-10)8-19-9-12(17)16-6-2-1-3-7-16/h10-11,15H,1-9H2,(H2,14,18). The largest absolute Gasteiger partial charge is 0.368 e. The second-order valence-electron chi connectivity index (χ2n) is 5.35. The van der Waals surface area contributed by atoms with Crippen molar-refractivity contribution in [2.24, 2.45) is 5.73 Å². The second kappa shape index (κ2) is 7.14. The van der Waals surface area contributed by atoms with E-state index in [1.165, 1.54) is 18.2 Å². The van der Waals surface area contributed by atoms with Gasteiger partial charge in [-0.2, -0.15) is 0 Å². The van der Waals surface area contributed by atoms with Crippen molar-refractivity contribution in [1.29, 1.82) is 0 Å². The van der Waals surface area contributed by atoms with Gasteiger partial charge in [0.2, 0.25) is 11.8 Å². The van der Waals surface area contributed by atoms with Gasteiger partial charge in [-0.3, -0.25) is 9.59 Å². The fourth-order valence-corrected chi connectivity index (χ4v) is 3.22. The number of carbonyl (C=O) groups is 2. The van der Waals surface area contributed by atoms with Gasteiger partial charge in [0.05, 0.1) is 11.8 Å². The molecule has 1 heterocycles. The maximum atomic E-state index is 12.0.